The van der Waals surface area contributed by atoms with E-state index >= 15 is 0 Å². The topological polar surface area (TPSA) is 72.6 Å². The van der Waals surface area contributed by atoms with Crippen molar-refractivity contribution in [1.29, 1.82) is 0 Å². The van der Waals surface area contributed by atoms with Gasteiger partial charge in [-0.05, 0) is 12.5 Å². The smallest absolute Gasteiger partial charge is 0.272 e. The molecule has 0 aliphatic carbocycles. The van der Waals surface area contributed by atoms with Crippen LogP contribution >= 0.6 is 0 Å². The number of aryl methyl sites for hydroxylation is 1. The molecule has 88 valence electrons. The highest BCUT2D eigenvalue weighted by Gasteiger charge is 2.18. The first-order valence-corrected chi connectivity index (χ1v) is 4.96. The molecule has 1 aromatic rings. The number of nitro benzene ring substituents is 1. The second-order valence-corrected chi connectivity index (χ2v) is 3.64. The van der Waals surface area contributed by atoms with Crippen LogP contribution in [0.25, 0.3) is 0 Å². The van der Waals surface area contributed by atoms with E-state index in [9.17, 15) is 15.2 Å². The van der Waals surface area contributed by atoms with E-state index in [1.165, 1.54) is 13.2 Å². The molecule has 0 spiro atoms. The number of ether oxygens (including phenoxy) is 1. The van der Waals surface area contributed by atoms with Gasteiger partial charge in [0.25, 0.3) is 5.69 Å². The molecule has 0 amide bonds. The zero-order valence-electron chi connectivity index (χ0n) is 9.34. The molecule has 5 heteroatoms. The maximum absolute atomic E-state index is 10.8. The molecule has 5 nitrogen and oxygen atoms in total. The molecular weight excluding hydrogens is 210 g/mol. The number of methoxy groups -OCH3 is 1. The number of hydrogen-bond donors (Lipinski definition) is 1. The van der Waals surface area contributed by atoms with Crippen molar-refractivity contribution in [1.82, 2.24) is 0 Å². The fourth-order valence-corrected chi connectivity index (χ4v) is 1.61. The molecule has 0 aromatic heterocycles. The van der Waals surface area contributed by atoms with Crippen LogP contribution in [0.4, 0.5) is 5.69 Å². The maximum atomic E-state index is 10.8. The molecule has 1 unspecified atom stereocenters. The van der Waals surface area contributed by atoms with Crippen molar-refractivity contribution in [2.24, 2.45) is 0 Å². The van der Waals surface area contributed by atoms with E-state index in [2.05, 4.69) is 0 Å². The normalized spacial score (nSPS) is 12.4. The number of aliphatic hydroxyl groups is 1. The van der Waals surface area contributed by atoms with Gasteiger partial charge >= 0.3 is 0 Å². The second kappa shape index (κ2) is 5.58. The minimum Gasteiger partial charge on any atom is -0.390 e. The molecule has 1 N–H and O–H groups in total. The van der Waals surface area contributed by atoms with Crippen molar-refractivity contribution >= 4 is 5.69 Å². The van der Waals surface area contributed by atoms with Crippen LogP contribution in [0.3, 0.4) is 0 Å². The lowest BCUT2D eigenvalue weighted by Crippen LogP contribution is -2.18. The van der Waals surface area contributed by atoms with Gasteiger partial charge in [0.05, 0.1) is 17.6 Å². The number of hydrogen-bond acceptors (Lipinski definition) is 4. The zero-order chi connectivity index (χ0) is 12.1. The molecule has 0 bridgehead atoms. The van der Waals surface area contributed by atoms with E-state index in [1.807, 2.05) is 0 Å². The van der Waals surface area contributed by atoms with E-state index < -0.39 is 11.0 Å². The fraction of sp³-hybridized carbons (Fsp3) is 0.455. The Kier molecular flexibility index (Phi) is 4.39. The number of nitrogens with zero attached hydrogens (tertiary/aromatic N) is 1. The van der Waals surface area contributed by atoms with Gasteiger partial charge in [0.15, 0.2) is 0 Å². The molecule has 0 aliphatic rings. The third-order valence-electron chi connectivity index (χ3n) is 2.38. The Balaban J connectivity index is 2.97. The van der Waals surface area contributed by atoms with Gasteiger partial charge in [0.1, 0.15) is 0 Å². The standard InChI is InChI=1S/C11H15NO4/c1-8-4-3-5-11(12(14)15)10(8)6-9(13)7-16-2/h3-5,9,13H,6-7H2,1-2H3. The Morgan fingerprint density at radius 1 is 1.56 bits per heavy atom. The van der Waals surface area contributed by atoms with Gasteiger partial charge in [-0.1, -0.05) is 12.1 Å². The molecule has 1 atom stereocenters. The highest BCUT2D eigenvalue weighted by Crippen LogP contribution is 2.23. The number of nitro groups is 1. The monoisotopic (exact) mass is 225 g/mol. The summed E-state index contributed by atoms with van der Waals surface area (Å²) < 4.78 is 4.80. The summed E-state index contributed by atoms with van der Waals surface area (Å²) in [6, 6.07) is 4.88. The molecule has 0 aliphatic heterocycles. The molecule has 1 aromatic carbocycles. The summed E-state index contributed by atoms with van der Waals surface area (Å²) in [5, 5.41) is 20.4. The third kappa shape index (κ3) is 3.01. The lowest BCUT2D eigenvalue weighted by molar-refractivity contribution is -0.385. The molecule has 1 rings (SSSR count). The lowest BCUT2D eigenvalue weighted by atomic mass is 10.0. The molecule has 0 radical (unpaired) electrons. The van der Waals surface area contributed by atoms with Gasteiger partial charge in [0.2, 0.25) is 0 Å². The van der Waals surface area contributed by atoms with Gasteiger partial charge < -0.3 is 9.84 Å². The molecular formula is C11H15NO4. The van der Waals surface area contributed by atoms with E-state index in [4.69, 9.17) is 4.74 Å². The SMILES string of the molecule is COCC(O)Cc1c(C)cccc1[N+](=O)[O-]. The van der Waals surface area contributed by atoms with Crippen molar-refractivity contribution in [2.75, 3.05) is 13.7 Å². The Labute approximate surface area is 93.8 Å². The Bertz CT molecular complexity index is 378. The largest absolute Gasteiger partial charge is 0.390 e. The predicted molar refractivity (Wildman–Crippen MR) is 59.4 cm³/mol. The van der Waals surface area contributed by atoms with Crippen molar-refractivity contribution in [3.63, 3.8) is 0 Å². The Morgan fingerprint density at radius 3 is 2.81 bits per heavy atom. The number of benzene rings is 1. The van der Waals surface area contributed by atoms with Crippen LogP contribution in [0.15, 0.2) is 18.2 Å². The van der Waals surface area contributed by atoms with Crippen molar-refractivity contribution in [3.05, 3.63) is 39.4 Å². The summed E-state index contributed by atoms with van der Waals surface area (Å²) in [6.07, 6.45) is -0.485. The Morgan fingerprint density at radius 2 is 2.25 bits per heavy atom. The summed E-state index contributed by atoms with van der Waals surface area (Å²) in [5.74, 6) is 0. The van der Waals surface area contributed by atoms with Crippen LogP contribution in [0.1, 0.15) is 11.1 Å². The minimum absolute atomic E-state index is 0.0511. The van der Waals surface area contributed by atoms with Crippen molar-refractivity contribution in [2.45, 2.75) is 19.4 Å². The van der Waals surface area contributed by atoms with Gasteiger partial charge in [-0.2, -0.15) is 0 Å². The van der Waals surface area contributed by atoms with Crippen LogP contribution < -0.4 is 0 Å². The van der Waals surface area contributed by atoms with E-state index in [0.717, 1.165) is 5.56 Å². The van der Waals surface area contributed by atoms with E-state index in [1.54, 1.807) is 19.1 Å². The van der Waals surface area contributed by atoms with Crippen LogP contribution in [-0.4, -0.2) is 29.9 Å². The van der Waals surface area contributed by atoms with Crippen molar-refractivity contribution in [3.8, 4) is 0 Å². The summed E-state index contributed by atoms with van der Waals surface area (Å²) >= 11 is 0. The van der Waals surface area contributed by atoms with E-state index in [-0.39, 0.29) is 18.7 Å². The first-order chi connectivity index (χ1) is 7.56. The average Bonchev–Trinajstić information content (AvgIpc) is 2.21. The first-order valence-electron chi connectivity index (χ1n) is 4.96. The third-order valence-corrected chi connectivity index (χ3v) is 2.38. The van der Waals surface area contributed by atoms with Gasteiger partial charge in [-0.3, -0.25) is 10.1 Å². The van der Waals surface area contributed by atoms with E-state index in [0.29, 0.717) is 5.56 Å². The fourth-order valence-electron chi connectivity index (χ4n) is 1.61. The van der Waals surface area contributed by atoms with Crippen molar-refractivity contribution < 1.29 is 14.8 Å². The highest BCUT2D eigenvalue weighted by molar-refractivity contribution is 5.45. The summed E-state index contributed by atoms with van der Waals surface area (Å²) in [4.78, 5) is 10.4. The Hall–Kier alpha value is -1.46. The molecule has 0 saturated heterocycles. The van der Waals surface area contributed by atoms with Crippen LogP contribution in [0.2, 0.25) is 0 Å². The quantitative estimate of drug-likeness (QED) is 0.608. The highest BCUT2D eigenvalue weighted by atomic mass is 16.6. The maximum Gasteiger partial charge on any atom is 0.272 e. The summed E-state index contributed by atoms with van der Waals surface area (Å²) in [7, 11) is 1.48. The predicted octanol–water partition coefficient (Wildman–Crippen LogP) is 1.45. The van der Waals surface area contributed by atoms with Gasteiger partial charge in [-0.15, -0.1) is 0 Å². The molecule has 0 fully saturated rings. The van der Waals surface area contributed by atoms with Gasteiger partial charge in [-0.25, -0.2) is 0 Å². The summed E-state index contributed by atoms with van der Waals surface area (Å²) in [6.45, 7) is 1.97. The molecule has 0 saturated carbocycles. The summed E-state index contributed by atoms with van der Waals surface area (Å²) in [5.41, 5.74) is 1.43. The first kappa shape index (κ1) is 12.6. The number of rotatable bonds is 5. The van der Waals surface area contributed by atoms with Crippen LogP contribution in [0, 0.1) is 17.0 Å². The van der Waals surface area contributed by atoms with Gasteiger partial charge in [0, 0.05) is 25.2 Å². The molecule has 0 heterocycles. The number of aliphatic hydroxyl groups excluding tert-OH is 1. The van der Waals surface area contributed by atoms with Crippen LogP contribution in [0.5, 0.6) is 0 Å². The average molecular weight is 225 g/mol. The zero-order valence-corrected chi connectivity index (χ0v) is 9.34. The van der Waals surface area contributed by atoms with Crippen LogP contribution in [-0.2, 0) is 11.2 Å². The second-order valence-electron chi connectivity index (χ2n) is 3.64. The minimum atomic E-state index is -0.718. The molecule has 16 heavy (non-hydrogen) atoms. The lowest BCUT2D eigenvalue weighted by Gasteiger charge is -2.11.